The third-order valence-electron chi connectivity index (χ3n) is 5.17. The maximum Gasteiger partial charge on any atom is 0.165 e. The van der Waals surface area contributed by atoms with Crippen LogP contribution in [0.3, 0.4) is 0 Å². The van der Waals surface area contributed by atoms with Gasteiger partial charge in [0.2, 0.25) is 0 Å². The molecule has 3 aliphatic carbocycles. The summed E-state index contributed by atoms with van der Waals surface area (Å²) in [6.07, 6.45) is 5.64. The molecule has 1 aliphatic heterocycles. The third kappa shape index (κ3) is 1.83. The van der Waals surface area contributed by atoms with Crippen LogP contribution in [0.5, 0.6) is 0 Å². The van der Waals surface area contributed by atoms with Crippen molar-refractivity contribution in [1.29, 1.82) is 0 Å². The molecule has 4 aliphatic rings. The van der Waals surface area contributed by atoms with Crippen LogP contribution < -0.4 is 0 Å². The Morgan fingerprint density at radius 1 is 1.55 bits per heavy atom. The van der Waals surface area contributed by atoms with Gasteiger partial charge in [-0.15, -0.1) is 0 Å². The number of hydrogen-bond acceptors (Lipinski definition) is 3. The average molecular weight is 276 g/mol. The molecule has 0 aromatic rings. The molecular weight excluding hydrogens is 252 g/mol. The van der Waals surface area contributed by atoms with Crippen LogP contribution in [0.25, 0.3) is 0 Å². The van der Waals surface area contributed by atoms with Gasteiger partial charge in [0, 0.05) is 24.4 Å². The van der Waals surface area contributed by atoms with Crippen molar-refractivity contribution in [3.8, 4) is 0 Å². The summed E-state index contributed by atoms with van der Waals surface area (Å²) in [5.41, 5.74) is 2.33. The van der Waals surface area contributed by atoms with Gasteiger partial charge in [0.1, 0.15) is 0 Å². The van der Waals surface area contributed by atoms with Gasteiger partial charge >= 0.3 is 0 Å². The minimum absolute atomic E-state index is 0.109. The molecule has 2 fully saturated rings. The van der Waals surface area contributed by atoms with Crippen molar-refractivity contribution in [2.75, 3.05) is 6.61 Å². The predicted molar refractivity (Wildman–Crippen MR) is 77.1 cm³/mol. The quantitative estimate of drug-likeness (QED) is 0.571. The van der Waals surface area contributed by atoms with E-state index < -0.39 is 0 Å². The molecule has 4 rings (SSSR count). The van der Waals surface area contributed by atoms with Gasteiger partial charge in [-0.05, 0) is 46.1 Å². The third-order valence-corrected chi connectivity index (χ3v) is 5.17. The monoisotopic (exact) mass is 276 g/mol. The molecule has 5 atom stereocenters. The zero-order chi connectivity index (χ0) is 14.5. The minimum atomic E-state index is -0.218. The fourth-order valence-corrected chi connectivity index (χ4v) is 4.43. The highest BCUT2D eigenvalue weighted by Crippen LogP contribution is 2.68. The molecule has 0 amide bonds. The number of allylic oxidation sites excluding steroid dienone is 3. The Balaban J connectivity index is 1.89. The van der Waals surface area contributed by atoms with Crippen molar-refractivity contribution >= 4 is 5.78 Å². The molecule has 20 heavy (non-hydrogen) atoms. The van der Waals surface area contributed by atoms with Crippen LogP contribution in [-0.4, -0.2) is 24.8 Å². The standard InChI is InChI=1S/C17H24O3/c1-5-19-16-17(9-12(18)6-10(2)3)13-8-14(17)15(20-16)7-11(13)4/h6-7,13-16H,5,8-9H2,1-4H3/t13-,14+,15-,16+,17-/m1/s1. The second kappa shape index (κ2) is 4.81. The lowest BCUT2D eigenvalue weighted by atomic mass is 9.46. The lowest BCUT2D eigenvalue weighted by molar-refractivity contribution is -0.193. The molecule has 0 unspecified atom stereocenters. The zero-order valence-corrected chi connectivity index (χ0v) is 12.8. The Morgan fingerprint density at radius 3 is 2.90 bits per heavy atom. The number of carbonyl (C=O) groups excluding carboxylic acids is 1. The second-order valence-corrected chi connectivity index (χ2v) is 6.67. The summed E-state index contributed by atoms with van der Waals surface area (Å²) < 4.78 is 11.9. The van der Waals surface area contributed by atoms with E-state index >= 15 is 0 Å². The lowest BCUT2D eigenvalue weighted by Crippen LogP contribution is -2.57. The maximum absolute atomic E-state index is 12.3. The Labute approximate surface area is 121 Å². The number of hydrogen-bond donors (Lipinski definition) is 0. The van der Waals surface area contributed by atoms with Gasteiger partial charge in [-0.2, -0.15) is 0 Å². The van der Waals surface area contributed by atoms with Crippen molar-refractivity contribution in [1.82, 2.24) is 0 Å². The first kappa shape index (κ1) is 14.0. The van der Waals surface area contributed by atoms with Crippen molar-refractivity contribution < 1.29 is 14.3 Å². The summed E-state index contributed by atoms with van der Waals surface area (Å²) in [6.45, 7) is 8.73. The molecule has 4 bridgehead atoms. The Morgan fingerprint density at radius 2 is 2.30 bits per heavy atom. The Kier molecular flexibility index (Phi) is 3.38. The lowest BCUT2D eigenvalue weighted by Gasteiger charge is -2.56. The highest BCUT2D eigenvalue weighted by atomic mass is 16.7. The predicted octanol–water partition coefficient (Wildman–Crippen LogP) is 3.26. The molecule has 1 saturated carbocycles. The first-order chi connectivity index (χ1) is 9.49. The van der Waals surface area contributed by atoms with Crippen LogP contribution in [-0.2, 0) is 14.3 Å². The fraction of sp³-hybridized carbons (Fsp3) is 0.706. The largest absolute Gasteiger partial charge is 0.352 e. The topological polar surface area (TPSA) is 35.5 Å². The number of ketones is 1. The summed E-state index contributed by atoms with van der Waals surface area (Å²) in [4.78, 5) is 12.3. The first-order valence-electron chi connectivity index (χ1n) is 7.62. The van der Waals surface area contributed by atoms with Gasteiger partial charge < -0.3 is 9.47 Å². The molecule has 0 N–H and O–H groups in total. The van der Waals surface area contributed by atoms with E-state index in [2.05, 4.69) is 13.0 Å². The van der Waals surface area contributed by atoms with Crippen molar-refractivity contribution in [3.05, 3.63) is 23.3 Å². The fourth-order valence-electron chi connectivity index (χ4n) is 4.43. The summed E-state index contributed by atoms with van der Waals surface area (Å²) >= 11 is 0. The minimum Gasteiger partial charge on any atom is -0.352 e. The molecule has 0 aromatic heterocycles. The van der Waals surface area contributed by atoms with Crippen molar-refractivity contribution in [3.63, 3.8) is 0 Å². The van der Waals surface area contributed by atoms with Crippen LogP contribution in [0.1, 0.15) is 40.5 Å². The zero-order valence-electron chi connectivity index (χ0n) is 12.8. The summed E-state index contributed by atoms with van der Waals surface area (Å²) in [5, 5.41) is 0. The van der Waals surface area contributed by atoms with Gasteiger partial charge in [0.15, 0.2) is 12.1 Å². The van der Waals surface area contributed by atoms with Gasteiger partial charge in [-0.3, -0.25) is 4.79 Å². The van der Waals surface area contributed by atoms with E-state index in [1.54, 1.807) is 6.08 Å². The molecule has 0 radical (unpaired) electrons. The Hall–Kier alpha value is -0.930. The molecular formula is C17H24O3. The van der Waals surface area contributed by atoms with E-state index in [0.717, 1.165) is 12.0 Å². The SMILES string of the molecule is CCO[C@H]1O[C@@H]2C=C(C)[C@H]3C[C@@H]2[C@]13CC(=O)C=C(C)C. The van der Waals surface area contributed by atoms with E-state index in [4.69, 9.17) is 9.47 Å². The van der Waals surface area contributed by atoms with E-state index in [1.807, 2.05) is 20.8 Å². The molecule has 0 spiro atoms. The number of ether oxygens (including phenoxy) is 2. The molecule has 1 heterocycles. The maximum atomic E-state index is 12.3. The van der Waals surface area contributed by atoms with E-state index in [1.165, 1.54) is 5.57 Å². The molecule has 3 heteroatoms. The number of carbonyl (C=O) groups is 1. The van der Waals surface area contributed by atoms with Crippen LogP contribution in [0.2, 0.25) is 0 Å². The van der Waals surface area contributed by atoms with Crippen LogP contribution in [0.4, 0.5) is 0 Å². The highest BCUT2D eigenvalue weighted by molar-refractivity contribution is 5.91. The normalized spacial score (nSPS) is 40.9. The van der Waals surface area contributed by atoms with Gasteiger partial charge in [-0.25, -0.2) is 0 Å². The summed E-state index contributed by atoms with van der Waals surface area (Å²) in [6, 6.07) is 0. The first-order valence-corrected chi connectivity index (χ1v) is 7.62. The highest BCUT2D eigenvalue weighted by Gasteiger charge is 2.70. The van der Waals surface area contributed by atoms with Gasteiger partial charge in [0.05, 0.1) is 6.10 Å². The number of rotatable bonds is 5. The van der Waals surface area contributed by atoms with Crippen molar-refractivity contribution in [2.45, 2.75) is 52.9 Å². The van der Waals surface area contributed by atoms with Crippen LogP contribution >= 0.6 is 0 Å². The molecule has 3 nitrogen and oxygen atoms in total. The molecule has 110 valence electrons. The van der Waals surface area contributed by atoms with Gasteiger partial charge in [0.25, 0.3) is 0 Å². The van der Waals surface area contributed by atoms with E-state index in [0.29, 0.717) is 24.9 Å². The Bertz CT molecular complexity index is 486. The van der Waals surface area contributed by atoms with Crippen molar-refractivity contribution in [2.24, 2.45) is 17.3 Å². The van der Waals surface area contributed by atoms with Crippen LogP contribution in [0.15, 0.2) is 23.3 Å². The summed E-state index contributed by atoms with van der Waals surface area (Å²) in [7, 11) is 0. The molecule has 1 saturated heterocycles. The van der Waals surface area contributed by atoms with E-state index in [-0.39, 0.29) is 23.6 Å². The summed E-state index contributed by atoms with van der Waals surface area (Å²) in [5.74, 6) is 1.13. The van der Waals surface area contributed by atoms with E-state index in [9.17, 15) is 4.79 Å². The smallest absolute Gasteiger partial charge is 0.165 e. The van der Waals surface area contributed by atoms with Gasteiger partial charge in [-0.1, -0.05) is 17.2 Å². The molecule has 0 aromatic carbocycles. The second-order valence-electron chi connectivity index (χ2n) is 6.67. The van der Waals surface area contributed by atoms with Crippen LogP contribution in [0, 0.1) is 17.3 Å². The average Bonchev–Trinajstić information content (AvgIpc) is 2.46.